The minimum Gasteiger partial charge on any atom is -0.493 e. The molecular formula is C13H19NO2. The van der Waals surface area contributed by atoms with Crippen molar-refractivity contribution in [1.29, 1.82) is 0 Å². The van der Waals surface area contributed by atoms with E-state index >= 15 is 0 Å². The monoisotopic (exact) mass is 221 g/mol. The van der Waals surface area contributed by atoms with Crippen LogP contribution in [0.15, 0.2) is 24.3 Å². The van der Waals surface area contributed by atoms with Crippen LogP contribution >= 0.6 is 0 Å². The summed E-state index contributed by atoms with van der Waals surface area (Å²) in [5.74, 6) is 1.53. The molecule has 0 saturated carbocycles. The maximum absolute atomic E-state index is 6.01. The lowest BCUT2D eigenvalue weighted by Crippen LogP contribution is -2.29. The van der Waals surface area contributed by atoms with E-state index in [0.29, 0.717) is 12.5 Å². The molecule has 0 spiro atoms. The van der Waals surface area contributed by atoms with E-state index in [1.807, 2.05) is 12.1 Å². The lowest BCUT2D eigenvalue weighted by atomic mass is 9.88. The summed E-state index contributed by atoms with van der Waals surface area (Å²) in [5.41, 5.74) is 7.30. The van der Waals surface area contributed by atoms with Gasteiger partial charge >= 0.3 is 0 Å². The number of rotatable bonds is 4. The number of nitrogens with two attached hydrogens (primary N) is 1. The molecule has 2 N–H and O–H groups in total. The van der Waals surface area contributed by atoms with Crippen LogP contribution in [0.3, 0.4) is 0 Å². The zero-order valence-corrected chi connectivity index (χ0v) is 9.69. The van der Waals surface area contributed by atoms with E-state index in [2.05, 4.69) is 12.1 Å². The highest BCUT2D eigenvalue weighted by Gasteiger charge is 2.22. The molecule has 88 valence electrons. The third-order valence-electron chi connectivity index (χ3n) is 3.05. The van der Waals surface area contributed by atoms with Crippen LogP contribution in [-0.2, 0) is 4.74 Å². The maximum atomic E-state index is 6.01. The van der Waals surface area contributed by atoms with Crippen molar-refractivity contribution in [2.24, 2.45) is 5.73 Å². The van der Waals surface area contributed by atoms with Gasteiger partial charge in [0.15, 0.2) is 0 Å². The summed E-state index contributed by atoms with van der Waals surface area (Å²) in [6.07, 6.45) is 2.02. The molecule has 2 rings (SSSR count). The topological polar surface area (TPSA) is 44.5 Å². The molecular weight excluding hydrogens is 202 g/mol. The zero-order valence-electron chi connectivity index (χ0n) is 9.69. The van der Waals surface area contributed by atoms with Crippen molar-refractivity contribution in [3.8, 4) is 5.75 Å². The molecule has 1 aromatic rings. The molecule has 0 fully saturated rings. The van der Waals surface area contributed by atoms with Gasteiger partial charge in [0.1, 0.15) is 5.75 Å². The van der Waals surface area contributed by atoms with Crippen LogP contribution < -0.4 is 10.5 Å². The van der Waals surface area contributed by atoms with E-state index < -0.39 is 0 Å². The summed E-state index contributed by atoms with van der Waals surface area (Å²) in [6.45, 7) is 1.42. The van der Waals surface area contributed by atoms with Gasteiger partial charge in [-0.3, -0.25) is 0 Å². The summed E-state index contributed by atoms with van der Waals surface area (Å²) < 4.78 is 10.7. The molecule has 1 heterocycles. The first-order valence-corrected chi connectivity index (χ1v) is 5.77. The largest absolute Gasteiger partial charge is 0.493 e. The lowest BCUT2D eigenvalue weighted by Gasteiger charge is -2.27. The SMILES string of the molecule is COCC(N)CC1CCOc2ccccc21. The van der Waals surface area contributed by atoms with Gasteiger partial charge in [0.2, 0.25) is 0 Å². The Morgan fingerprint density at radius 1 is 1.50 bits per heavy atom. The normalized spacial score (nSPS) is 21.0. The van der Waals surface area contributed by atoms with Gasteiger partial charge < -0.3 is 15.2 Å². The quantitative estimate of drug-likeness (QED) is 0.844. The molecule has 1 aliphatic heterocycles. The fraction of sp³-hybridized carbons (Fsp3) is 0.538. The number of hydrogen-bond acceptors (Lipinski definition) is 3. The van der Waals surface area contributed by atoms with Crippen molar-refractivity contribution in [2.45, 2.75) is 24.8 Å². The Kier molecular flexibility index (Phi) is 3.80. The van der Waals surface area contributed by atoms with Gasteiger partial charge in [0, 0.05) is 13.2 Å². The zero-order chi connectivity index (χ0) is 11.4. The summed E-state index contributed by atoms with van der Waals surface area (Å²) in [5, 5.41) is 0. The first-order valence-electron chi connectivity index (χ1n) is 5.77. The Bertz CT molecular complexity index is 340. The first kappa shape index (κ1) is 11.4. The molecule has 2 atom stereocenters. The van der Waals surface area contributed by atoms with E-state index in [4.69, 9.17) is 15.2 Å². The number of para-hydroxylation sites is 1. The fourth-order valence-corrected chi connectivity index (χ4v) is 2.31. The highest BCUT2D eigenvalue weighted by Crippen LogP contribution is 2.35. The predicted octanol–water partition coefficient (Wildman–Crippen LogP) is 1.92. The Morgan fingerprint density at radius 3 is 3.12 bits per heavy atom. The van der Waals surface area contributed by atoms with Crippen molar-refractivity contribution < 1.29 is 9.47 Å². The predicted molar refractivity (Wildman–Crippen MR) is 63.8 cm³/mol. The van der Waals surface area contributed by atoms with E-state index in [0.717, 1.165) is 25.2 Å². The Morgan fingerprint density at radius 2 is 2.31 bits per heavy atom. The number of hydrogen-bond donors (Lipinski definition) is 1. The summed E-state index contributed by atoms with van der Waals surface area (Å²) in [4.78, 5) is 0. The van der Waals surface area contributed by atoms with Crippen LogP contribution in [0.1, 0.15) is 24.3 Å². The van der Waals surface area contributed by atoms with Gasteiger partial charge in [-0.25, -0.2) is 0 Å². The van der Waals surface area contributed by atoms with Crippen molar-refractivity contribution in [2.75, 3.05) is 20.3 Å². The highest BCUT2D eigenvalue weighted by molar-refractivity contribution is 5.37. The minimum absolute atomic E-state index is 0.112. The van der Waals surface area contributed by atoms with Crippen molar-refractivity contribution in [1.82, 2.24) is 0 Å². The van der Waals surface area contributed by atoms with Crippen LogP contribution in [0.2, 0.25) is 0 Å². The van der Waals surface area contributed by atoms with Gasteiger partial charge in [0.25, 0.3) is 0 Å². The molecule has 0 saturated heterocycles. The van der Waals surface area contributed by atoms with E-state index in [-0.39, 0.29) is 6.04 Å². The van der Waals surface area contributed by atoms with Crippen molar-refractivity contribution in [3.63, 3.8) is 0 Å². The molecule has 0 radical (unpaired) electrons. The summed E-state index contributed by atoms with van der Waals surface area (Å²) in [6, 6.07) is 8.35. The van der Waals surface area contributed by atoms with Gasteiger partial charge in [-0.1, -0.05) is 18.2 Å². The summed E-state index contributed by atoms with van der Waals surface area (Å²) in [7, 11) is 1.69. The summed E-state index contributed by atoms with van der Waals surface area (Å²) >= 11 is 0. The van der Waals surface area contributed by atoms with E-state index in [1.165, 1.54) is 5.56 Å². The van der Waals surface area contributed by atoms with E-state index in [1.54, 1.807) is 7.11 Å². The molecule has 3 nitrogen and oxygen atoms in total. The third-order valence-corrected chi connectivity index (χ3v) is 3.05. The molecule has 1 aromatic carbocycles. The molecule has 3 heteroatoms. The van der Waals surface area contributed by atoms with Crippen molar-refractivity contribution >= 4 is 0 Å². The Balaban J connectivity index is 2.07. The average molecular weight is 221 g/mol. The van der Waals surface area contributed by atoms with Crippen LogP contribution in [0.5, 0.6) is 5.75 Å². The van der Waals surface area contributed by atoms with Crippen LogP contribution in [0, 0.1) is 0 Å². The number of methoxy groups -OCH3 is 1. The van der Waals surface area contributed by atoms with Gasteiger partial charge in [-0.05, 0) is 30.4 Å². The van der Waals surface area contributed by atoms with Crippen LogP contribution in [-0.4, -0.2) is 26.4 Å². The Labute approximate surface area is 96.5 Å². The fourth-order valence-electron chi connectivity index (χ4n) is 2.31. The number of fused-ring (bicyclic) bond motifs is 1. The van der Waals surface area contributed by atoms with Gasteiger partial charge in [-0.15, -0.1) is 0 Å². The second-order valence-corrected chi connectivity index (χ2v) is 4.32. The second kappa shape index (κ2) is 5.32. The lowest BCUT2D eigenvalue weighted by molar-refractivity contribution is 0.168. The molecule has 0 aliphatic carbocycles. The highest BCUT2D eigenvalue weighted by atomic mass is 16.5. The maximum Gasteiger partial charge on any atom is 0.122 e. The molecule has 2 unspecified atom stereocenters. The number of benzene rings is 1. The Hall–Kier alpha value is -1.06. The number of ether oxygens (including phenoxy) is 2. The molecule has 1 aliphatic rings. The van der Waals surface area contributed by atoms with E-state index in [9.17, 15) is 0 Å². The van der Waals surface area contributed by atoms with Gasteiger partial charge in [0.05, 0.1) is 13.2 Å². The smallest absolute Gasteiger partial charge is 0.122 e. The second-order valence-electron chi connectivity index (χ2n) is 4.32. The van der Waals surface area contributed by atoms with Crippen molar-refractivity contribution in [3.05, 3.63) is 29.8 Å². The van der Waals surface area contributed by atoms with Gasteiger partial charge in [-0.2, -0.15) is 0 Å². The third kappa shape index (κ3) is 2.54. The molecule has 0 aromatic heterocycles. The molecule has 16 heavy (non-hydrogen) atoms. The standard InChI is InChI=1S/C13H19NO2/c1-15-9-11(14)8-10-6-7-16-13-5-3-2-4-12(10)13/h2-5,10-11H,6-9,14H2,1H3. The average Bonchev–Trinajstić information content (AvgIpc) is 2.30. The van der Waals surface area contributed by atoms with Crippen LogP contribution in [0.25, 0.3) is 0 Å². The molecule has 0 bridgehead atoms. The first-order chi connectivity index (χ1) is 7.81. The van der Waals surface area contributed by atoms with Crippen LogP contribution in [0.4, 0.5) is 0 Å². The minimum atomic E-state index is 0.112. The molecule has 0 amide bonds.